The highest BCUT2D eigenvalue weighted by molar-refractivity contribution is 5.84. The maximum absolute atomic E-state index is 12.9. The lowest BCUT2D eigenvalue weighted by Crippen LogP contribution is -2.53. The summed E-state index contributed by atoms with van der Waals surface area (Å²) in [5.74, 6) is 0.0718. The summed E-state index contributed by atoms with van der Waals surface area (Å²) in [5.41, 5.74) is -1.50. The third-order valence-electron chi connectivity index (χ3n) is 4.95. The van der Waals surface area contributed by atoms with Crippen molar-refractivity contribution < 1.29 is 14.7 Å². The molecule has 0 aliphatic carbocycles. The number of carbonyl (C=O) groups is 2. The third kappa shape index (κ3) is 10.8. The molecule has 1 heterocycles. The first-order chi connectivity index (χ1) is 13.5. The maximum Gasteiger partial charge on any atom is 0.228 e. The minimum absolute atomic E-state index is 0.0252. The lowest BCUT2D eigenvalue weighted by molar-refractivity contribution is -0.142. The highest BCUT2D eigenvalue weighted by Crippen LogP contribution is 2.35. The van der Waals surface area contributed by atoms with Gasteiger partial charge in [-0.15, -0.1) is 0 Å². The normalized spacial score (nSPS) is 17.4. The zero-order valence-electron chi connectivity index (χ0n) is 22.3. The van der Waals surface area contributed by atoms with Gasteiger partial charge in [0.05, 0.1) is 6.10 Å². The average Bonchev–Trinajstić information content (AvgIpc) is 3.00. The number of β-amino-alcohol motifs (C(OH)–C–C–N with tert-alkyl or cyclic N) is 1. The van der Waals surface area contributed by atoms with Crippen molar-refractivity contribution in [2.45, 2.75) is 121 Å². The van der Waals surface area contributed by atoms with Gasteiger partial charge in [0.2, 0.25) is 11.8 Å². The largest absolute Gasteiger partial charge is 0.391 e. The number of nitrogens with zero attached hydrogens (tertiary/aromatic N) is 1. The number of amides is 2. The second-order valence-electron chi connectivity index (χ2n) is 11.2. The van der Waals surface area contributed by atoms with Crippen molar-refractivity contribution in [1.29, 1.82) is 0 Å². The molecular formula is C25H52N2O3. The lowest BCUT2D eigenvalue weighted by atomic mass is 9.74. The molecule has 1 aliphatic heterocycles. The van der Waals surface area contributed by atoms with Crippen LogP contribution in [0.25, 0.3) is 0 Å². The summed E-state index contributed by atoms with van der Waals surface area (Å²) in [6.07, 6.45) is 1.56. The van der Waals surface area contributed by atoms with Crippen molar-refractivity contribution >= 4 is 11.8 Å². The molecule has 0 saturated carbocycles. The fourth-order valence-electron chi connectivity index (χ4n) is 4.46. The van der Waals surface area contributed by atoms with Crippen molar-refractivity contribution in [1.82, 2.24) is 10.2 Å². The highest BCUT2D eigenvalue weighted by atomic mass is 16.3. The first kappa shape index (κ1) is 31.1. The van der Waals surface area contributed by atoms with Crippen LogP contribution >= 0.6 is 0 Å². The number of aliphatic hydroxyl groups excluding tert-OH is 1. The Morgan fingerprint density at radius 1 is 0.867 bits per heavy atom. The van der Waals surface area contributed by atoms with Gasteiger partial charge in [-0.3, -0.25) is 9.59 Å². The van der Waals surface area contributed by atoms with Crippen LogP contribution in [0.15, 0.2) is 0 Å². The Bertz CT molecular complexity index is 531. The van der Waals surface area contributed by atoms with Crippen LogP contribution in [-0.4, -0.2) is 46.6 Å². The minimum Gasteiger partial charge on any atom is -0.391 e. The Balaban J connectivity index is 0. The Kier molecular flexibility index (Phi) is 12.5. The summed E-state index contributed by atoms with van der Waals surface area (Å²) < 4.78 is 0. The zero-order valence-corrected chi connectivity index (χ0v) is 22.3. The van der Waals surface area contributed by atoms with Crippen LogP contribution in [0.2, 0.25) is 0 Å². The molecule has 0 radical (unpaired) electrons. The molecule has 1 unspecified atom stereocenters. The van der Waals surface area contributed by atoms with E-state index >= 15 is 0 Å². The van der Waals surface area contributed by atoms with E-state index in [4.69, 9.17) is 0 Å². The number of carbonyl (C=O) groups excluding carboxylic acids is 2. The molecule has 1 atom stereocenters. The average molecular weight is 429 g/mol. The molecule has 1 rings (SSSR count). The zero-order chi connectivity index (χ0) is 24.6. The van der Waals surface area contributed by atoms with E-state index in [1.54, 1.807) is 4.90 Å². The van der Waals surface area contributed by atoms with Gasteiger partial charge in [0, 0.05) is 29.5 Å². The summed E-state index contributed by atoms with van der Waals surface area (Å²) in [4.78, 5) is 27.5. The highest BCUT2D eigenvalue weighted by Gasteiger charge is 2.41. The molecule has 0 aromatic heterocycles. The van der Waals surface area contributed by atoms with Crippen LogP contribution in [0.5, 0.6) is 0 Å². The molecule has 1 saturated heterocycles. The van der Waals surface area contributed by atoms with E-state index in [9.17, 15) is 14.7 Å². The van der Waals surface area contributed by atoms with Gasteiger partial charge in [-0.1, -0.05) is 76.2 Å². The van der Waals surface area contributed by atoms with Crippen LogP contribution in [0, 0.1) is 16.2 Å². The van der Waals surface area contributed by atoms with Crippen molar-refractivity contribution in [2.24, 2.45) is 16.2 Å². The first-order valence-corrected chi connectivity index (χ1v) is 11.8. The van der Waals surface area contributed by atoms with Gasteiger partial charge < -0.3 is 15.3 Å². The standard InChI is InChI=1S/C21H40N2O3.2C2H6/c1-18(2,3)13-19(4,5)16(25)22-21(8,9)14-20(6,7)17(26)23-11-10-15(24)12-23;2*1-2/h15,24H,10-14H2,1-9H3,(H,22,25);2*1-2H3. The monoisotopic (exact) mass is 428 g/mol. The summed E-state index contributed by atoms with van der Waals surface area (Å²) in [6.45, 7) is 27.2. The molecule has 180 valence electrons. The predicted octanol–water partition coefficient (Wildman–Crippen LogP) is 5.41. The lowest BCUT2D eigenvalue weighted by Gasteiger charge is -2.39. The van der Waals surface area contributed by atoms with Gasteiger partial charge >= 0.3 is 0 Å². The van der Waals surface area contributed by atoms with Gasteiger partial charge in [-0.2, -0.15) is 0 Å². The SMILES string of the molecule is CC.CC.CC(C)(C)CC(C)(C)C(=O)NC(C)(C)CC(C)(C)C(=O)N1CCC(O)C1. The molecule has 5 nitrogen and oxygen atoms in total. The van der Waals surface area contributed by atoms with E-state index < -0.39 is 22.5 Å². The van der Waals surface area contributed by atoms with Crippen LogP contribution in [0.4, 0.5) is 0 Å². The van der Waals surface area contributed by atoms with E-state index in [-0.39, 0.29) is 17.2 Å². The molecule has 30 heavy (non-hydrogen) atoms. The van der Waals surface area contributed by atoms with Crippen molar-refractivity contribution in [3.8, 4) is 0 Å². The Morgan fingerprint density at radius 2 is 1.33 bits per heavy atom. The number of hydrogen-bond donors (Lipinski definition) is 2. The number of likely N-dealkylation sites (tertiary alicyclic amines) is 1. The van der Waals surface area contributed by atoms with Gasteiger partial charge in [-0.05, 0) is 38.5 Å². The van der Waals surface area contributed by atoms with E-state index in [1.165, 1.54) is 0 Å². The fraction of sp³-hybridized carbons (Fsp3) is 0.920. The second kappa shape index (κ2) is 12.1. The third-order valence-corrected chi connectivity index (χ3v) is 4.95. The molecule has 2 amide bonds. The summed E-state index contributed by atoms with van der Waals surface area (Å²) in [5, 5.41) is 12.9. The molecule has 0 spiro atoms. The predicted molar refractivity (Wildman–Crippen MR) is 128 cm³/mol. The van der Waals surface area contributed by atoms with Gasteiger partial charge in [0.1, 0.15) is 0 Å². The molecule has 5 heteroatoms. The number of nitrogens with one attached hydrogen (secondary N) is 1. The Morgan fingerprint density at radius 3 is 1.70 bits per heavy atom. The Labute approximate surface area is 187 Å². The Hall–Kier alpha value is -1.10. The topological polar surface area (TPSA) is 69.6 Å². The molecule has 2 N–H and O–H groups in total. The van der Waals surface area contributed by atoms with Gasteiger partial charge in [0.15, 0.2) is 0 Å². The molecule has 1 fully saturated rings. The van der Waals surface area contributed by atoms with Gasteiger partial charge in [0.25, 0.3) is 0 Å². The number of hydrogen-bond acceptors (Lipinski definition) is 3. The summed E-state index contributed by atoms with van der Waals surface area (Å²) in [6, 6.07) is 0. The van der Waals surface area contributed by atoms with Crippen LogP contribution in [0.3, 0.4) is 0 Å². The number of aliphatic hydroxyl groups is 1. The fourth-order valence-corrected chi connectivity index (χ4v) is 4.46. The van der Waals surface area contributed by atoms with E-state index in [0.717, 1.165) is 6.42 Å². The van der Waals surface area contributed by atoms with E-state index in [0.29, 0.717) is 25.9 Å². The smallest absolute Gasteiger partial charge is 0.228 e. The first-order valence-electron chi connectivity index (χ1n) is 11.8. The molecule has 1 aliphatic rings. The molecule has 0 bridgehead atoms. The van der Waals surface area contributed by atoms with Gasteiger partial charge in [-0.25, -0.2) is 0 Å². The second-order valence-corrected chi connectivity index (χ2v) is 11.2. The molecule has 0 aromatic rings. The van der Waals surface area contributed by atoms with Crippen molar-refractivity contribution in [2.75, 3.05) is 13.1 Å². The maximum atomic E-state index is 12.9. The summed E-state index contributed by atoms with van der Waals surface area (Å²) in [7, 11) is 0. The van der Waals surface area contributed by atoms with Crippen molar-refractivity contribution in [3.05, 3.63) is 0 Å². The quantitative estimate of drug-likeness (QED) is 0.594. The van der Waals surface area contributed by atoms with E-state index in [1.807, 2.05) is 69.2 Å². The number of rotatable bonds is 6. The molecular weight excluding hydrogens is 376 g/mol. The minimum atomic E-state index is -0.602. The van der Waals surface area contributed by atoms with Crippen LogP contribution in [-0.2, 0) is 9.59 Å². The van der Waals surface area contributed by atoms with Crippen molar-refractivity contribution in [3.63, 3.8) is 0 Å². The summed E-state index contributed by atoms with van der Waals surface area (Å²) >= 11 is 0. The van der Waals surface area contributed by atoms with Crippen LogP contribution in [0.1, 0.15) is 109 Å². The van der Waals surface area contributed by atoms with E-state index in [2.05, 4.69) is 26.1 Å². The van der Waals surface area contributed by atoms with Crippen LogP contribution < -0.4 is 5.32 Å². The molecule has 0 aromatic carbocycles.